The molecule has 2 fully saturated rings. The van der Waals surface area contributed by atoms with E-state index in [4.69, 9.17) is 0 Å². The van der Waals surface area contributed by atoms with E-state index in [1.54, 1.807) is 12.1 Å². The fourth-order valence-corrected chi connectivity index (χ4v) is 4.53. The number of hydrogen-bond acceptors (Lipinski definition) is 1. The maximum absolute atomic E-state index is 13.9. The molecule has 0 heterocycles. The van der Waals surface area contributed by atoms with E-state index < -0.39 is 11.6 Å². The lowest BCUT2D eigenvalue weighted by atomic mass is 9.83. The van der Waals surface area contributed by atoms with Gasteiger partial charge in [-0.2, -0.15) is 0 Å². The van der Waals surface area contributed by atoms with Crippen molar-refractivity contribution in [3.63, 3.8) is 0 Å². The van der Waals surface area contributed by atoms with Crippen LogP contribution in [0.1, 0.15) is 44.6 Å². The lowest BCUT2D eigenvalue weighted by molar-refractivity contribution is 0.277. The second kappa shape index (κ2) is 6.43. The van der Waals surface area contributed by atoms with Gasteiger partial charge >= 0.3 is 0 Å². The Kier molecular flexibility index (Phi) is 4.58. The maximum Gasteiger partial charge on any atom is 0.162 e. The van der Waals surface area contributed by atoms with Gasteiger partial charge < -0.3 is 5.32 Å². The van der Waals surface area contributed by atoms with Crippen molar-refractivity contribution < 1.29 is 8.78 Å². The Morgan fingerprint density at radius 1 is 1.24 bits per heavy atom. The SMILES string of the molecule is CCNC(Cc1cccc(F)c1F)CC1CC2CCC1C2. The lowest BCUT2D eigenvalue weighted by Crippen LogP contribution is -2.34. The van der Waals surface area contributed by atoms with Gasteiger partial charge in [-0.3, -0.25) is 0 Å². The van der Waals surface area contributed by atoms with Crippen molar-refractivity contribution in [3.05, 3.63) is 35.4 Å². The van der Waals surface area contributed by atoms with E-state index in [2.05, 4.69) is 12.2 Å². The molecule has 1 aromatic rings. The zero-order valence-corrected chi connectivity index (χ0v) is 12.7. The molecule has 4 atom stereocenters. The first-order valence-electron chi connectivity index (χ1n) is 8.33. The molecule has 0 saturated heterocycles. The highest BCUT2D eigenvalue weighted by Crippen LogP contribution is 2.50. The minimum Gasteiger partial charge on any atom is -0.314 e. The second-order valence-corrected chi connectivity index (χ2v) is 6.84. The molecule has 0 radical (unpaired) electrons. The summed E-state index contributed by atoms with van der Waals surface area (Å²) in [6, 6.07) is 4.77. The van der Waals surface area contributed by atoms with Crippen LogP contribution in [0.2, 0.25) is 0 Å². The summed E-state index contributed by atoms with van der Waals surface area (Å²) >= 11 is 0. The molecule has 0 spiro atoms. The minimum atomic E-state index is -0.734. The van der Waals surface area contributed by atoms with Crippen molar-refractivity contribution in [2.24, 2.45) is 17.8 Å². The second-order valence-electron chi connectivity index (χ2n) is 6.84. The number of fused-ring (bicyclic) bond motifs is 2. The van der Waals surface area contributed by atoms with Gasteiger partial charge in [0.25, 0.3) is 0 Å². The summed E-state index contributed by atoms with van der Waals surface area (Å²) < 4.78 is 27.2. The average Bonchev–Trinajstić information content (AvgIpc) is 3.06. The van der Waals surface area contributed by atoms with E-state index >= 15 is 0 Å². The van der Waals surface area contributed by atoms with Crippen LogP contribution in [0.15, 0.2) is 18.2 Å². The van der Waals surface area contributed by atoms with Crippen LogP contribution >= 0.6 is 0 Å². The lowest BCUT2D eigenvalue weighted by Gasteiger charge is -2.27. The van der Waals surface area contributed by atoms with E-state index in [0.717, 1.165) is 30.7 Å². The molecule has 1 N–H and O–H groups in total. The third-order valence-corrected chi connectivity index (χ3v) is 5.46. The molecule has 116 valence electrons. The zero-order chi connectivity index (χ0) is 14.8. The summed E-state index contributed by atoms with van der Waals surface area (Å²) in [5.74, 6) is 1.20. The summed E-state index contributed by atoms with van der Waals surface area (Å²) in [5, 5.41) is 3.48. The van der Waals surface area contributed by atoms with Crippen LogP contribution in [0.3, 0.4) is 0 Å². The molecule has 2 saturated carbocycles. The quantitative estimate of drug-likeness (QED) is 0.824. The van der Waals surface area contributed by atoms with Gasteiger partial charge in [0.15, 0.2) is 11.6 Å². The van der Waals surface area contributed by atoms with Crippen LogP contribution in [-0.2, 0) is 6.42 Å². The van der Waals surface area contributed by atoms with Crippen LogP contribution in [0.25, 0.3) is 0 Å². The van der Waals surface area contributed by atoms with Gasteiger partial charge in [-0.15, -0.1) is 0 Å². The molecule has 4 unspecified atom stereocenters. The average molecular weight is 293 g/mol. The Hall–Kier alpha value is -0.960. The van der Waals surface area contributed by atoms with Crippen molar-refractivity contribution in [1.82, 2.24) is 5.32 Å². The van der Waals surface area contributed by atoms with Crippen molar-refractivity contribution in [2.45, 2.75) is 51.5 Å². The molecule has 0 amide bonds. The number of halogens is 2. The molecule has 0 aromatic heterocycles. The van der Waals surface area contributed by atoms with Crippen molar-refractivity contribution in [2.75, 3.05) is 6.54 Å². The summed E-state index contributed by atoms with van der Waals surface area (Å²) in [7, 11) is 0. The molecular weight excluding hydrogens is 268 g/mol. The molecule has 1 aromatic carbocycles. The van der Waals surface area contributed by atoms with Gasteiger partial charge in [0.05, 0.1) is 0 Å². The van der Waals surface area contributed by atoms with Crippen LogP contribution in [0, 0.1) is 29.4 Å². The fraction of sp³-hybridized carbons (Fsp3) is 0.667. The molecule has 2 aliphatic rings. The first-order chi connectivity index (χ1) is 10.2. The monoisotopic (exact) mass is 293 g/mol. The summed E-state index contributed by atoms with van der Waals surface area (Å²) in [6.45, 7) is 2.96. The normalized spacial score (nSPS) is 29.0. The van der Waals surface area contributed by atoms with Crippen molar-refractivity contribution in [1.29, 1.82) is 0 Å². The molecule has 21 heavy (non-hydrogen) atoms. The molecular formula is C18H25F2N. The first-order valence-corrected chi connectivity index (χ1v) is 8.33. The topological polar surface area (TPSA) is 12.0 Å². The van der Waals surface area contributed by atoms with E-state index in [1.807, 2.05) is 0 Å². The third-order valence-electron chi connectivity index (χ3n) is 5.46. The minimum absolute atomic E-state index is 0.260. The number of nitrogens with one attached hydrogen (secondary N) is 1. The number of benzene rings is 1. The summed E-state index contributed by atoms with van der Waals surface area (Å²) in [4.78, 5) is 0. The highest BCUT2D eigenvalue weighted by molar-refractivity contribution is 5.20. The highest BCUT2D eigenvalue weighted by Gasteiger charge is 2.40. The Morgan fingerprint density at radius 3 is 2.76 bits per heavy atom. The number of rotatable bonds is 6. The zero-order valence-electron chi connectivity index (χ0n) is 12.7. The van der Waals surface area contributed by atoms with E-state index in [0.29, 0.717) is 12.0 Å². The van der Waals surface area contributed by atoms with Crippen molar-refractivity contribution >= 4 is 0 Å². The predicted molar refractivity (Wildman–Crippen MR) is 81.1 cm³/mol. The molecule has 3 heteroatoms. The van der Waals surface area contributed by atoms with Crippen LogP contribution < -0.4 is 5.32 Å². The van der Waals surface area contributed by atoms with Gasteiger partial charge in [-0.1, -0.05) is 25.5 Å². The Bertz CT molecular complexity index is 488. The summed E-state index contributed by atoms with van der Waals surface area (Å²) in [6.07, 6.45) is 7.22. The molecule has 2 bridgehead atoms. The largest absolute Gasteiger partial charge is 0.314 e. The van der Waals surface area contributed by atoms with Gasteiger partial charge in [0.2, 0.25) is 0 Å². The fourth-order valence-electron chi connectivity index (χ4n) is 4.53. The van der Waals surface area contributed by atoms with Crippen LogP contribution in [-0.4, -0.2) is 12.6 Å². The summed E-state index contributed by atoms with van der Waals surface area (Å²) in [5.41, 5.74) is 0.504. The van der Waals surface area contributed by atoms with Crippen LogP contribution in [0.5, 0.6) is 0 Å². The van der Waals surface area contributed by atoms with E-state index in [1.165, 1.54) is 31.7 Å². The van der Waals surface area contributed by atoms with Gasteiger partial charge in [0.1, 0.15) is 0 Å². The van der Waals surface area contributed by atoms with Gasteiger partial charge in [0, 0.05) is 6.04 Å². The van der Waals surface area contributed by atoms with E-state index in [-0.39, 0.29) is 6.04 Å². The number of likely N-dealkylation sites (N-methyl/N-ethyl adjacent to an activating group) is 1. The van der Waals surface area contributed by atoms with Gasteiger partial charge in [-0.05, 0) is 68.0 Å². The molecule has 1 nitrogen and oxygen atoms in total. The smallest absolute Gasteiger partial charge is 0.162 e. The molecule has 0 aliphatic heterocycles. The Balaban J connectivity index is 1.65. The maximum atomic E-state index is 13.9. The van der Waals surface area contributed by atoms with Crippen LogP contribution in [0.4, 0.5) is 8.78 Å². The Labute approximate surface area is 126 Å². The van der Waals surface area contributed by atoms with Gasteiger partial charge in [-0.25, -0.2) is 8.78 Å². The molecule has 2 aliphatic carbocycles. The first kappa shape index (κ1) is 15.0. The Morgan fingerprint density at radius 2 is 2.10 bits per heavy atom. The third kappa shape index (κ3) is 3.28. The predicted octanol–water partition coefficient (Wildman–Crippen LogP) is 4.31. The highest BCUT2D eigenvalue weighted by atomic mass is 19.2. The van der Waals surface area contributed by atoms with E-state index in [9.17, 15) is 8.78 Å². The standard InChI is InChI=1S/C18H25F2N/c1-2-21-16(10-14-4-3-5-17(19)18(14)20)11-15-9-12-6-7-13(15)8-12/h3-5,12-13,15-16,21H,2,6-11H2,1H3. The number of hydrogen-bond donors (Lipinski definition) is 1. The molecule has 3 rings (SSSR count). The van der Waals surface area contributed by atoms with Crippen molar-refractivity contribution in [3.8, 4) is 0 Å².